The van der Waals surface area contributed by atoms with E-state index < -0.39 is 0 Å². The summed E-state index contributed by atoms with van der Waals surface area (Å²) in [5, 5.41) is 7.86. The Morgan fingerprint density at radius 3 is 2.42 bits per heavy atom. The maximum Gasteiger partial charge on any atom is 0.191 e. The zero-order valence-corrected chi connectivity index (χ0v) is 18.0. The first-order chi connectivity index (χ1) is 11.1. The van der Waals surface area contributed by atoms with Crippen LogP contribution >= 0.6 is 35.3 Å². The lowest BCUT2D eigenvalue weighted by atomic mass is 10.1. The van der Waals surface area contributed by atoms with Gasteiger partial charge in [0.25, 0.3) is 0 Å². The second-order valence-corrected chi connectivity index (χ2v) is 6.89. The number of benzene rings is 1. The van der Waals surface area contributed by atoms with Crippen LogP contribution in [0.2, 0.25) is 0 Å². The molecular formula is C18H27IN4S. The third-order valence-electron chi connectivity index (χ3n) is 3.59. The molecule has 6 heteroatoms. The predicted molar refractivity (Wildman–Crippen MR) is 115 cm³/mol. The zero-order valence-electron chi connectivity index (χ0n) is 14.8. The minimum atomic E-state index is 0. The van der Waals surface area contributed by atoms with E-state index in [0.29, 0.717) is 6.54 Å². The van der Waals surface area contributed by atoms with E-state index in [0.717, 1.165) is 31.2 Å². The summed E-state index contributed by atoms with van der Waals surface area (Å²) in [7, 11) is 0. The van der Waals surface area contributed by atoms with Crippen LogP contribution in [0.4, 0.5) is 0 Å². The summed E-state index contributed by atoms with van der Waals surface area (Å²) in [6, 6.07) is 8.50. The first-order valence-electron chi connectivity index (χ1n) is 8.09. The van der Waals surface area contributed by atoms with Crippen LogP contribution in [0.3, 0.4) is 0 Å². The maximum absolute atomic E-state index is 4.64. The average Bonchev–Trinajstić information content (AvgIpc) is 2.85. The van der Waals surface area contributed by atoms with E-state index in [2.05, 4.69) is 72.6 Å². The molecule has 0 bridgehead atoms. The van der Waals surface area contributed by atoms with Crippen LogP contribution in [-0.2, 0) is 13.0 Å². The molecule has 0 aliphatic rings. The molecule has 0 spiro atoms. The molecule has 2 rings (SSSR count). The van der Waals surface area contributed by atoms with Gasteiger partial charge in [-0.2, -0.15) is 0 Å². The zero-order chi connectivity index (χ0) is 16.7. The summed E-state index contributed by atoms with van der Waals surface area (Å²) >= 11 is 1.78. The SMILES string of the molecule is CCNC(=NCc1ccc(C)cc1)NCCc1nc(C)c(C)s1.I. The molecule has 0 saturated carbocycles. The van der Waals surface area contributed by atoms with Gasteiger partial charge in [-0.15, -0.1) is 35.3 Å². The van der Waals surface area contributed by atoms with Gasteiger partial charge in [0.15, 0.2) is 5.96 Å². The number of nitrogens with one attached hydrogen (secondary N) is 2. The number of aliphatic imine (C=N–C) groups is 1. The number of nitrogens with zero attached hydrogens (tertiary/aromatic N) is 2. The number of thiazole rings is 1. The maximum atomic E-state index is 4.64. The van der Waals surface area contributed by atoms with Gasteiger partial charge in [-0.3, -0.25) is 0 Å². The highest BCUT2D eigenvalue weighted by Gasteiger charge is 2.04. The van der Waals surface area contributed by atoms with Gasteiger partial charge in [0.1, 0.15) is 0 Å². The van der Waals surface area contributed by atoms with Gasteiger partial charge in [0, 0.05) is 24.4 Å². The third kappa shape index (κ3) is 6.76. The van der Waals surface area contributed by atoms with Crippen LogP contribution in [0.1, 0.15) is 33.6 Å². The van der Waals surface area contributed by atoms with E-state index in [1.807, 2.05) is 0 Å². The molecule has 0 radical (unpaired) electrons. The van der Waals surface area contributed by atoms with Crippen molar-refractivity contribution in [3.63, 3.8) is 0 Å². The molecule has 0 unspecified atom stereocenters. The third-order valence-corrected chi connectivity index (χ3v) is 4.72. The largest absolute Gasteiger partial charge is 0.357 e. The monoisotopic (exact) mass is 458 g/mol. The van der Waals surface area contributed by atoms with Gasteiger partial charge < -0.3 is 10.6 Å². The molecule has 24 heavy (non-hydrogen) atoms. The molecule has 4 nitrogen and oxygen atoms in total. The van der Waals surface area contributed by atoms with Crippen molar-refractivity contribution in [3.05, 3.63) is 51.0 Å². The Labute approximate surface area is 166 Å². The molecule has 1 aromatic carbocycles. The molecule has 2 N–H and O–H groups in total. The highest BCUT2D eigenvalue weighted by molar-refractivity contribution is 14.0. The molecule has 0 aliphatic heterocycles. The van der Waals surface area contributed by atoms with E-state index in [1.165, 1.54) is 21.0 Å². The number of hydrogen-bond acceptors (Lipinski definition) is 3. The van der Waals surface area contributed by atoms with Crippen molar-refractivity contribution in [2.24, 2.45) is 4.99 Å². The smallest absolute Gasteiger partial charge is 0.191 e. The minimum Gasteiger partial charge on any atom is -0.357 e. The average molecular weight is 458 g/mol. The first kappa shape index (κ1) is 20.9. The van der Waals surface area contributed by atoms with Crippen LogP contribution in [0.15, 0.2) is 29.3 Å². The molecule has 1 aromatic heterocycles. The summed E-state index contributed by atoms with van der Waals surface area (Å²) in [5.41, 5.74) is 3.64. The van der Waals surface area contributed by atoms with Crippen molar-refractivity contribution >= 4 is 41.3 Å². The molecule has 0 saturated heterocycles. The number of hydrogen-bond donors (Lipinski definition) is 2. The lowest BCUT2D eigenvalue weighted by Gasteiger charge is -2.10. The Morgan fingerprint density at radius 1 is 1.12 bits per heavy atom. The predicted octanol–water partition coefficient (Wildman–Crippen LogP) is 3.98. The summed E-state index contributed by atoms with van der Waals surface area (Å²) < 4.78 is 0. The van der Waals surface area contributed by atoms with E-state index in [4.69, 9.17) is 0 Å². The number of aromatic nitrogens is 1. The lowest BCUT2D eigenvalue weighted by Crippen LogP contribution is -2.38. The minimum absolute atomic E-state index is 0. The Hall–Kier alpha value is -1.15. The van der Waals surface area contributed by atoms with Crippen molar-refractivity contribution in [2.45, 2.75) is 40.7 Å². The standard InChI is InChI=1S/C18H26N4S.HI/c1-5-19-18(21-12-16-8-6-13(2)7-9-16)20-11-10-17-22-14(3)15(4)23-17;/h6-9H,5,10-12H2,1-4H3,(H2,19,20,21);1H. The number of aryl methyl sites for hydroxylation is 3. The summed E-state index contributed by atoms with van der Waals surface area (Å²) in [6.07, 6.45) is 0.925. The summed E-state index contributed by atoms with van der Waals surface area (Å²) in [5.74, 6) is 0.859. The normalized spacial score (nSPS) is 11.1. The van der Waals surface area contributed by atoms with E-state index >= 15 is 0 Å². The highest BCUT2D eigenvalue weighted by Crippen LogP contribution is 2.16. The molecule has 2 aromatic rings. The quantitative estimate of drug-likeness (QED) is 0.391. The second kappa shape index (κ2) is 10.7. The molecular weight excluding hydrogens is 431 g/mol. The van der Waals surface area contributed by atoms with Crippen molar-refractivity contribution in [1.29, 1.82) is 0 Å². The van der Waals surface area contributed by atoms with Gasteiger partial charge >= 0.3 is 0 Å². The summed E-state index contributed by atoms with van der Waals surface area (Å²) in [6.45, 7) is 10.7. The fraction of sp³-hybridized carbons (Fsp3) is 0.444. The Balaban J connectivity index is 0.00000288. The molecule has 132 valence electrons. The van der Waals surface area contributed by atoms with Crippen LogP contribution < -0.4 is 10.6 Å². The van der Waals surface area contributed by atoms with E-state index in [1.54, 1.807) is 11.3 Å². The molecule has 0 aliphatic carbocycles. The van der Waals surface area contributed by atoms with E-state index in [-0.39, 0.29) is 24.0 Å². The Morgan fingerprint density at radius 2 is 1.83 bits per heavy atom. The van der Waals surface area contributed by atoms with Gasteiger partial charge in [-0.25, -0.2) is 9.98 Å². The van der Waals surface area contributed by atoms with Gasteiger partial charge in [0.2, 0.25) is 0 Å². The van der Waals surface area contributed by atoms with E-state index in [9.17, 15) is 0 Å². The van der Waals surface area contributed by atoms with Crippen LogP contribution in [0.5, 0.6) is 0 Å². The van der Waals surface area contributed by atoms with Crippen molar-refractivity contribution in [3.8, 4) is 0 Å². The van der Waals surface area contributed by atoms with Crippen LogP contribution in [-0.4, -0.2) is 24.0 Å². The molecule has 0 amide bonds. The molecule has 0 atom stereocenters. The number of halogens is 1. The van der Waals surface area contributed by atoms with Crippen molar-refractivity contribution in [2.75, 3.05) is 13.1 Å². The fourth-order valence-corrected chi connectivity index (χ4v) is 3.07. The first-order valence-corrected chi connectivity index (χ1v) is 8.90. The number of rotatable bonds is 6. The van der Waals surface area contributed by atoms with Crippen LogP contribution in [0, 0.1) is 20.8 Å². The van der Waals surface area contributed by atoms with Crippen LogP contribution in [0.25, 0.3) is 0 Å². The van der Waals surface area contributed by atoms with Gasteiger partial charge in [0.05, 0.1) is 17.2 Å². The lowest BCUT2D eigenvalue weighted by molar-refractivity contribution is 0.795. The van der Waals surface area contributed by atoms with Crippen molar-refractivity contribution < 1.29 is 0 Å². The molecule has 1 heterocycles. The second-order valence-electron chi connectivity index (χ2n) is 5.61. The Bertz CT molecular complexity index is 630. The van der Waals surface area contributed by atoms with Gasteiger partial charge in [-0.05, 0) is 33.3 Å². The number of guanidine groups is 1. The fourth-order valence-electron chi connectivity index (χ4n) is 2.14. The summed E-state index contributed by atoms with van der Waals surface area (Å²) in [4.78, 5) is 10.5. The highest BCUT2D eigenvalue weighted by atomic mass is 127. The topological polar surface area (TPSA) is 49.3 Å². The Kier molecular flexibility index (Phi) is 9.28. The van der Waals surface area contributed by atoms with Crippen molar-refractivity contribution in [1.82, 2.24) is 15.6 Å². The van der Waals surface area contributed by atoms with Gasteiger partial charge in [-0.1, -0.05) is 29.8 Å². The molecule has 0 fully saturated rings.